The van der Waals surface area contributed by atoms with Crippen LogP contribution >= 0.6 is 0 Å². The van der Waals surface area contributed by atoms with E-state index in [0.717, 1.165) is 0 Å². The van der Waals surface area contributed by atoms with E-state index in [4.69, 9.17) is 18.6 Å². The van der Waals surface area contributed by atoms with Gasteiger partial charge in [0.2, 0.25) is 5.43 Å². The monoisotopic (exact) mass is 356 g/mol. The van der Waals surface area contributed by atoms with E-state index < -0.39 is 17.8 Å². The lowest BCUT2D eigenvalue weighted by Crippen LogP contribution is -2.40. The van der Waals surface area contributed by atoms with Crippen molar-refractivity contribution in [3.63, 3.8) is 0 Å². The smallest absolute Gasteiger partial charge is 0.204 e. The molecule has 3 aromatic rings. The molecule has 1 aromatic heterocycles. The lowest BCUT2D eigenvalue weighted by atomic mass is 9.95. The molecule has 26 heavy (non-hydrogen) atoms. The number of para-hydroxylation sites is 1. The number of aromatic hydroxyl groups is 1. The van der Waals surface area contributed by atoms with Crippen molar-refractivity contribution < 1.29 is 28.8 Å². The Morgan fingerprint density at radius 2 is 2.15 bits per heavy atom. The molecule has 3 heterocycles. The molecule has 2 aliphatic heterocycles. The number of fused-ring (bicyclic) bond motifs is 5. The number of ether oxygens (including phenoxy) is 3. The molecule has 7 heteroatoms. The van der Waals surface area contributed by atoms with E-state index in [1.165, 1.54) is 7.11 Å². The van der Waals surface area contributed by atoms with Gasteiger partial charge in [-0.3, -0.25) is 4.79 Å². The minimum Gasteiger partial charge on any atom is -0.506 e. The highest BCUT2D eigenvalue weighted by atomic mass is 16.6. The van der Waals surface area contributed by atoms with Gasteiger partial charge in [0.25, 0.3) is 0 Å². The van der Waals surface area contributed by atoms with Crippen LogP contribution < -0.4 is 14.9 Å². The summed E-state index contributed by atoms with van der Waals surface area (Å²) in [5, 5.41) is 21.6. The fourth-order valence-corrected chi connectivity index (χ4v) is 3.83. The fourth-order valence-electron chi connectivity index (χ4n) is 3.83. The van der Waals surface area contributed by atoms with Crippen LogP contribution in [-0.4, -0.2) is 35.6 Å². The Balaban J connectivity index is 1.85. The van der Waals surface area contributed by atoms with Crippen molar-refractivity contribution in [1.82, 2.24) is 0 Å². The number of methoxy groups -OCH3 is 1. The molecular formula is C19H16O7. The maximum Gasteiger partial charge on any atom is 0.204 e. The fraction of sp³-hybridized carbons (Fsp3) is 0.316. The number of phenols is 1. The van der Waals surface area contributed by atoms with Gasteiger partial charge in [0.1, 0.15) is 34.2 Å². The van der Waals surface area contributed by atoms with Gasteiger partial charge in [-0.05, 0) is 19.1 Å². The molecular weight excluding hydrogens is 340 g/mol. The third kappa shape index (κ3) is 1.81. The number of hydrogen-bond donors (Lipinski definition) is 2. The Morgan fingerprint density at radius 3 is 2.92 bits per heavy atom. The molecule has 2 N–H and O–H groups in total. The van der Waals surface area contributed by atoms with Crippen LogP contribution in [0, 0.1) is 0 Å². The van der Waals surface area contributed by atoms with Crippen LogP contribution in [0.15, 0.2) is 33.5 Å². The van der Waals surface area contributed by atoms with E-state index in [1.54, 1.807) is 31.2 Å². The standard InChI is InChI=1S/C19H16O7/c1-19(22)7-24-17-13-11(26-18(17)19)6-10-12(15(13)21)14(20)8-4-3-5-9(23-2)16(8)25-10/h3-6,17-18,21-22H,7H2,1-2H3/t17-,18+,19+/m0/s1. The second-order valence-corrected chi connectivity index (χ2v) is 6.91. The number of phenolic OH excluding ortho intramolecular Hbond substituents is 1. The van der Waals surface area contributed by atoms with Crippen molar-refractivity contribution in [3.05, 3.63) is 40.1 Å². The topological polar surface area (TPSA) is 98.4 Å². The molecule has 3 atom stereocenters. The van der Waals surface area contributed by atoms with Crippen molar-refractivity contribution in [2.45, 2.75) is 24.7 Å². The quantitative estimate of drug-likeness (QED) is 0.645. The van der Waals surface area contributed by atoms with Crippen molar-refractivity contribution in [2.75, 3.05) is 13.7 Å². The lowest BCUT2D eigenvalue weighted by Gasteiger charge is -2.21. The van der Waals surface area contributed by atoms with Gasteiger partial charge in [0, 0.05) is 6.07 Å². The van der Waals surface area contributed by atoms with E-state index in [1.807, 2.05) is 0 Å². The summed E-state index contributed by atoms with van der Waals surface area (Å²) >= 11 is 0. The molecule has 0 aliphatic carbocycles. The molecule has 0 spiro atoms. The molecule has 1 fully saturated rings. The van der Waals surface area contributed by atoms with Crippen molar-refractivity contribution in [1.29, 1.82) is 0 Å². The van der Waals surface area contributed by atoms with Gasteiger partial charge in [0.15, 0.2) is 17.4 Å². The van der Waals surface area contributed by atoms with Crippen molar-refractivity contribution in [3.8, 4) is 17.2 Å². The number of aliphatic hydroxyl groups is 1. The number of hydrogen-bond acceptors (Lipinski definition) is 7. The summed E-state index contributed by atoms with van der Waals surface area (Å²) < 4.78 is 22.6. The predicted molar refractivity (Wildman–Crippen MR) is 91.9 cm³/mol. The lowest BCUT2D eigenvalue weighted by molar-refractivity contribution is -0.0146. The third-order valence-corrected chi connectivity index (χ3v) is 5.13. The summed E-state index contributed by atoms with van der Waals surface area (Å²) in [5.41, 5.74) is -0.701. The van der Waals surface area contributed by atoms with Crippen molar-refractivity contribution >= 4 is 21.9 Å². The molecule has 7 nitrogen and oxygen atoms in total. The molecule has 0 unspecified atom stereocenters. The van der Waals surface area contributed by atoms with Crippen molar-refractivity contribution in [2.24, 2.45) is 0 Å². The summed E-state index contributed by atoms with van der Waals surface area (Å²) in [6, 6.07) is 6.54. The van der Waals surface area contributed by atoms with Crippen LogP contribution in [0.2, 0.25) is 0 Å². The SMILES string of the molecule is COc1cccc2c(=O)c3c(O)c4c(cc3oc12)O[C@@H]1[C@H]4OC[C@@]1(C)O. The third-order valence-electron chi connectivity index (χ3n) is 5.13. The zero-order valence-electron chi connectivity index (χ0n) is 14.1. The minimum absolute atomic E-state index is 0.0592. The minimum atomic E-state index is -1.19. The Bertz CT molecular complexity index is 1130. The maximum atomic E-state index is 13.0. The van der Waals surface area contributed by atoms with Gasteiger partial charge in [-0.1, -0.05) is 6.07 Å². The Hall–Kier alpha value is -2.77. The van der Waals surface area contributed by atoms with Gasteiger partial charge in [0.05, 0.1) is 24.7 Å². The first-order chi connectivity index (χ1) is 12.4. The summed E-state index contributed by atoms with van der Waals surface area (Å²) in [6.07, 6.45) is -1.29. The molecule has 0 bridgehead atoms. The van der Waals surface area contributed by atoms with E-state index in [0.29, 0.717) is 28.0 Å². The first-order valence-corrected chi connectivity index (χ1v) is 8.22. The molecule has 1 saturated heterocycles. The van der Waals surface area contributed by atoms with E-state index in [9.17, 15) is 15.0 Å². The van der Waals surface area contributed by atoms with Gasteiger partial charge in [-0.15, -0.1) is 0 Å². The maximum absolute atomic E-state index is 13.0. The second-order valence-electron chi connectivity index (χ2n) is 6.91. The van der Waals surface area contributed by atoms with Gasteiger partial charge < -0.3 is 28.8 Å². The van der Waals surface area contributed by atoms with E-state index >= 15 is 0 Å². The van der Waals surface area contributed by atoms with Gasteiger partial charge >= 0.3 is 0 Å². The van der Waals surface area contributed by atoms with Crippen LogP contribution in [0.1, 0.15) is 18.6 Å². The van der Waals surface area contributed by atoms with Crippen LogP contribution in [-0.2, 0) is 4.74 Å². The first-order valence-electron chi connectivity index (χ1n) is 8.22. The van der Waals surface area contributed by atoms with Crippen LogP contribution in [0.25, 0.3) is 21.9 Å². The number of rotatable bonds is 1. The average Bonchev–Trinajstić information content (AvgIpc) is 3.12. The highest BCUT2D eigenvalue weighted by molar-refractivity contribution is 5.97. The largest absolute Gasteiger partial charge is 0.506 e. The summed E-state index contributed by atoms with van der Waals surface area (Å²) in [5.74, 6) is 0.522. The Kier molecular flexibility index (Phi) is 2.92. The van der Waals surface area contributed by atoms with E-state index in [-0.39, 0.29) is 28.8 Å². The normalized spacial score (nSPS) is 26.7. The van der Waals surface area contributed by atoms with Crippen LogP contribution in [0.3, 0.4) is 0 Å². The zero-order valence-corrected chi connectivity index (χ0v) is 14.1. The highest BCUT2D eigenvalue weighted by Gasteiger charge is 2.54. The molecule has 5 rings (SSSR count). The molecule has 134 valence electrons. The molecule has 0 saturated carbocycles. The summed E-state index contributed by atoms with van der Waals surface area (Å²) in [6.45, 7) is 1.70. The van der Waals surface area contributed by atoms with Crippen LogP contribution in [0.5, 0.6) is 17.2 Å². The number of benzene rings is 2. The van der Waals surface area contributed by atoms with E-state index in [2.05, 4.69) is 0 Å². The molecule has 2 aromatic carbocycles. The van der Waals surface area contributed by atoms with Crippen LogP contribution in [0.4, 0.5) is 0 Å². The Labute approximate surface area is 147 Å². The highest BCUT2D eigenvalue weighted by Crippen LogP contribution is 2.52. The zero-order chi connectivity index (χ0) is 18.2. The summed E-state index contributed by atoms with van der Waals surface area (Å²) in [7, 11) is 1.49. The predicted octanol–water partition coefficient (Wildman–Crippen LogP) is 2.24. The molecule has 0 radical (unpaired) electrons. The first kappa shape index (κ1) is 15.5. The van der Waals surface area contributed by atoms with Gasteiger partial charge in [-0.25, -0.2) is 0 Å². The van der Waals surface area contributed by atoms with Gasteiger partial charge in [-0.2, -0.15) is 0 Å². The Morgan fingerprint density at radius 1 is 1.35 bits per heavy atom. The summed E-state index contributed by atoms with van der Waals surface area (Å²) in [4.78, 5) is 13.0. The second kappa shape index (κ2) is 4.90. The molecule has 0 amide bonds. The molecule has 2 aliphatic rings. The average molecular weight is 356 g/mol.